The monoisotopic (exact) mass is 260 g/mol. The summed E-state index contributed by atoms with van der Waals surface area (Å²) in [6, 6.07) is 6.85. The minimum atomic E-state index is 0.436. The van der Waals surface area contributed by atoms with Crippen molar-refractivity contribution in [3.8, 4) is 0 Å². The van der Waals surface area contributed by atoms with Crippen LogP contribution in [0.4, 0.5) is 5.69 Å². The average Bonchev–Trinajstić information content (AvgIpc) is 2.87. The molecule has 2 aliphatic rings. The summed E-state index contributed by atoms with van der Waals surface area (Å²) in [6.07, 6.45) is 5.38. The smallest absolute Gasteiger partial charge is 0.0702 e. The lowest BCUT2D eigenvalue weighted by Crippen LogP contribution is -2.33. The number of likely N-dealkylation sites (N-methyl/N-ethyl adjacent to an activating group) is 1. The van der Waals surface area contributed by atoms with E-state index in [1.165, 1.54) is 42.5 Å². The second kappa shape index (κ2) is 5.93. The number of benzene rings is 1. The maximum absolute atomic E-state index is 5.81. The molecule has 1 aromatic rings. The summed E-state index contributed by atoms with van der Waals surface area (Å²) in [4.78, 5) is 2.38. The fourth-order valence-electron chi connectivity index (χ4n) is 3.11. The molecule has 2 aliphatic heterocycles. The first-order valence-electron chi connectivity index (χ1n) is 7.47. The predicted molar refractivity (Wildman–Crippen MR) is 78.6 cm³/mol. The Morgan fingerprint density at radius 3 is 3.16 bits per heavy atom. The van der Waals surface area contributed by atoms with Crippen LogP contribution in [0.1, 0.15) is 30.4 Å². The maximum Gasteiger partial charge on any atom is 0.0702 e. The van der Waals surface area contributed by atoms with Gasteiger partial charge in [-0.1, -0.05) is 12.1 Å². The van der Waals surface area contributed by atoms with E-state index in [9.17, 15) is 0 Å². The molecule has 3 nitrogen and oxygen atoms in total. The number of fused-ring (bicyclic) bond motifs is 1. The topological polar surface area (TPSA) is 24.5 Å². The molecule has 1 aromatic carbocycles. The third-order valence-electron chi connectivity index (χ3n) is 4.13. The first kappa shape index (κ1) is 12.9. The second-order valence-corrected chi connectivity index (χ2v) is 5.85. The van der Waals surface area contributed by atoms with E-state index in [2.05, 4.69) is 35.5 Å². The molecule has 0 radical (unpaired) electrons. The molecule has 0 aliphatic carbocycles. The van der Waals surface area contributed by atoms with Crippen LogP contribution < -0.4 is 5.32 Å². The van der Waals surface area contributed by atoms with Crippen molar-refractivity contribution in [1.82, 2.24) is 4.90 Å². The number of ether oxygens (including phenoxy) is 1. The molecule has 1 unspecified atom stereocenters. The van der Waals surface area contributed by atoms with Crippen LogP contribution in [0.2, 0.25) is 0 Å². The van der Waals surface area contributed by atoms with Gasteiger partial charge >= 0.3 is 0 Å². The number of rotatable bonds is 4. The average molecular weight is 260 g/mol. The largest absolute Gasteiger partial charge is 0.384 e. The van der Waals surface area contributed by atoms with Crippen molar-refractivity contribution in [1.29, 1.82) is 0 Å². The predicted octanol–water partition coefficient (Wildman–Crippen LogP) is 2.66. The zero-order valence-electron chi connectivity index (χ0n) is 11.8. The van der Waals surface area contributed by atoms with Crippen molar-refractivity contribution >= 4 is 5.69 Å². The van der Waals surface area contributed by atoms with E-state index in [-0.39, 0.29) is 0 Å². The number of hydrogen-bond donors (Lipinski definition) is 1. The fourth-order valence-corrected chi connectivity index (χ4v) is 3.11. The number of hydrogen-bond acceptors (Lipinski definition) is 3. The van der Waals surface area contributed by atoms with Gasteiger partial charge in [0.25, 0.3) is 0 Å². The molecule has 3 rings (SSSR count). The van der Waals surface area contributed by atoms with E-state index in [1.54, 1.807) is 0 Å². The van der Waals surface area contributed by atoms with Crippen molar-refractivity contribution in [3.05, 3.63) is 29.3 Å². The highest BCUT2D eigenvalue weighted by Gasteiger charge is 2.16. The van der Waals surface area contributed by atoms with Gasteiger partial charge in [0, 0.05) is 31.9 Å². The lowest BCUT2D eigenvalue weighted by atomic mass is 10.1. The van der Waals surface area contributed by atoms with Crippen LogP contribution in [-0.4, -0.2) is 37.7 Å². The highest BCUT2D eigenvalue weighted by molar-refractivity contribution is 5.56. The molecular formula is C16H24N2O. The Hall–Kier alpha value is -1.06. The van der Waals surface area contributed by atoms with Gasteiger partial charge in [-0.05, 0) is 49.9 Å². The summed E-state index contributed by atoms with van der Waals surface area (Å²) in [5, 5.41) is 3.45. The summed E-state index contributed by atoms with van der Waals surface area (Å²) in [7, 11) is 2.19. The molecule has 2 heterocycles. The standard InChI is InChI=1S/C16H24N2O/c1-18(12-15-4-2-3-9-19-15)11-13-5-6-14-7-8-17-16(14)10-13/h5-6,10,15,17H,2-4,7-9,11-12H2,1H3. The van der Waals surface area contributed by atoms with Crippen LogP contribution in [-0.2, 0) is 17.7 Å². The van der Waals surface area contributed by atoms with Crippen molar-refractivity contribution < 1.29 is 4.74 Å². The molecule has 0 bridgehead atoms. The molecule has 1 saturated heterocycles. The molecule has 1 atom stereocenters. The van der Waals surface area contributed by atoms with Gasteiger partial charge < -0.3 is 10.1 Å². The zero-order chi connectivity index (χ0) is 13.1. The van der Waals surface area contributed by atoms with Crippen LogP contribution >= 0.6 is 0 Å². The SMILES string of the molecule is CN(Cc1ccc2c(c1)NCC2)CC1CCCCO1. The third kappa shape index (κ3) is 3.28. The minimum absolute atomic E-state index is 0.436. The van der Waals surface area contributed by atoms with Crippen molar-refractivity contribution in [2.45, 2.75) is 38.3 Å². The lowest BCUT2D eigenvalue weighted by Gasteiger charge is -2.27. The van der Waals surface area contributed by atoms with Crippen molar-refractivity contribution in [3.63, 3.8) is 0 Å². The molecule has 0 amide bonds. The van der Waals surface area contributed by atoms with Crippen LogP contribution in [0.25, 0.3) is 0 Å². The minimum Gasteiger partial charge on any atom is -0.384 e. The fraction of sp³-hybridized carbons (Fsp3) is 0.625. The summed E-state index contributed by atoms with van der Waals surface area (Å²) in [5.41, 5.74) is 4.19. The number of anilines is 1. The van der Waals surface area contributed by atoms with E-state index in [0.717, 1.165) is 26.2 Å². The van der Waals surface area contributed by atoms with Crippen LogP contribution in [0.5, 0.6) is 0 Å². The maximum atomic E-state index is 5.81. The van der Waals surface area contributed by atoms with Gasteiger partial charge in [-0.3, -0.25) is 4.90 Å². The molecule has 19 heavy (non-hydrogen) atoms. The summed E-state index contributed by atoms with van der Waals surface area (Å²) >= 11 is 0. The Kier molecular flexibility index (Phi) is 4.04. The lowest BCUT2D eigenvalue weighted by molar-refractivity contribution is -0.00258. The summed E-state index contributed by atoms with van der Waals surface area (Å²) in [5.74, 6) is 0. The number of nitrogens with one attached hydrogen (secondary N) is 1. The van der Waals surface area contributed by atoms with Gasteiger partial charge in [-0.2, -0.15) is 0 Å². The zero-order valence-corrected chi connectivity index (χ0v) is 11.8. The van der Waals surface area contributed by atoms with Crippen molar-refractivity contribution in [2.75, 3.05) is 32.1 Å². The second-order valence-electron chi connectivity index (χ2n) is 5.85. The molecule has 1 fully saturated rings. The van der Waals surface area contributed by atoms with Gasteiger partial charge in [0.15, 0.2) is 0 Å². The molecule has 1 N–H and O–H groups in total. The van der Waals surface area contributed by atoms with Gasteiger partial charge in [-0.25, -0.2) is 0 Å². The van der Waals surface area contributed by atoms with Crippen LogP contribution in [0, 0.1) is 0 Å². The Balaban J connectivity index is 1.55. The quantitative estimate of drug-likeness (QED) is 0.900. The molecule has 0 aromatic heterocycles. The van der Waals surface area contributed by atoms with E-state index in [4.69, 9.17) is 4.74 Å². The molecule has 3 heteroatoms. The van der Waals surface area contributed by atoms with Gasteiger partial charge in [0.1, 0.15) is 0 Å². The Morgan fingerprint density at radius 2 is 2.32 bits per heavy atom. The highest BCUT2D eigenvalue weighted by Crippen LogP contribution is 2.24. The summed E-state index contributed by atoms with van der Waals surface area (Å²) in [6.45, 7) is 4.09. The Morgan fingerprint density at radius 1 is 1.37 bits per heavy atom. The molecule has 0 saturated carbocycles. The number of nitrogens with zero attached hydrogens (tertiary/aromatic N) is 1. The van der Waals surface area contributed by atoms with E-state index in [0.29, 0.717) is 6.10 Å². The van der Waals surface area contributed by atoms with E-state index < -0.39 is 0 Å². The van der Waals surface area contributed by atoms with Crippen LogP contribution in [0.15, 0.2) is 18.2 Å². The van der Waals surface area contributed by atoms with Gasteiger partial charge in [-0.15, -0.1) is 0 Å². The normalized spacial score (nSPS) is 22.3. The molecular weight excluding hydrogens is 236 g/mol. The molecule has 104 valence electrons. The molecule has 0 spiro atoms. The first-order chi connectivity index (χ1) is 9.31. The van der Waals surface area contributed by atoms with Gasteiger partial charge in [0.2, 0.25) is 0 Å². The van der Waals surface area contributed by atoms with E-state index in [1.807, 2.05) is 0 Å². The van der Waals surface area contributed by atoms with Gasteiger partial charge in [0.05, 0.1) is 6.10 Å². The Bertz CT molecular complexity index is 427. The van der Waals surface area contributed by atoms with Crippen molar-refractivity contribution in [2.24, 2.45) is 0 Å². The van der Waals surface area contributed by atoms with Crippen LogP contribution in [0.3, 0.4) is 0 Å². The van der Waals surface area contributed by atoms with E-state index >= 15 is 0 Å². The highest BCUT2D eigenvalue weighted by atomic mass is 16.5. The summed E-state index contributed by atoms with van der Waals surface area (Å²) < 4.78 is 5.81. The third-order valence-corrected chi connectivity index (χ3v) is 4.13. The Labute approximate surface area is 115 Å². The first-order valence-corrected chi connectivity index (χ1v) is 7.47.